The standard InChI is InChI=1S/C34H40N2O5S2/c1-32(2,3)22-9-14-25(15-10-22)42(38,39)35-24-13-18-28-27(19-24)31-29(20-34(7,8)21-30(31)37)36(28)43(40,41)26-16-11-23(12-17-26)33(4,5)6/h9-19,35H,20-21H2,1-8H3. The van der Waals surface area contributed by atoms with Gasteiger partial charge >= 0.3 is 0 Å². The zero-order valence-electron chi connectivity index (χ0n) is 26.1. The molecule has 228 valence electrons. The van der Waals surface area contributed by atoms with E-state index in [1.807, 2.05) is 26.0 Å². The minimum atomic E-state index is -4.08. The summed E-state index contributed by atoms with van der Waals surface area (Å²) in [7, 11) is -8.02. The molecule has 7 nitrogen and oxygen atoms in total. The van der Waals surface area contributed by atoms with Crippen molar-refractivity contribution in [2.75, 3.05) is 4.72 Å². The number of carbonyl (C=O) groups is 1. The van der Waals surface area contributed by atoms with Crippen LogP contribution in [0.2, 0.25) is 0 Å². The second-order valence-electron chi connectivity index (χ2n) is 14.4. The Morgan fingerprint density at radius 2 is 1.23 bits per heavy atom. The molecule has 0 saturated heterocycles. The van der Waals surface area contributed by atoms with Gasteiger partial charge in [-0.15, -0.1) is 0 Å². The number of rotatable bonds is 5. The molecule has 0 radical (unpaired) electrons. The molecule has 1 heterocycles. The predicted octanol–water partition coefficient (Wildman–Crippen LogP) is 7.43. The highest BCUT2D eigenvalue weighted by Gasteiger charge is 2.38. The molecule has 1 N–H and O–H groups in total. The Bertz CT molecular complexity index is 1950. The highest BCUT2D eigenvalue weighted by atomic mass is 32.2. The van der Waals surface area contributed by atoms with Crippen LogP contribution in [-0.2, 0) is 37.3 Å². The zero-order valence-corrected chi connectivity index (χ0v) is 27.7. The number of aromatic nitrogens is 1. The molecule has 9 heteroatoms. The third-order valence-corrected chi connectivity index (χ3v) is 11.3. The minimum Gasteiger partial charge on any atom is -0.294 e. The number of sulfonamides is 1. The SMILES string of the molecule is CC1(C)CC(=O)c2c(n(S(=O)(=O)c3ccc(C(C)(C)C)cc3)c3ccc(NS(=O)(=O)c4ccc(C(C)(C)C)cc4)cc23)C1. The molecule has 0 fully saturated rings. The largest absolute Gasteiger partial charge is 0.294 e. The van der Waals surface area contributed by atoms with Crippen LogP contribution >= 0.6 is 0 Å². The number of hydrogen-bond acceptors (Lipinski definition) is 5. The van der Waals surface area contributed by atoms with E-state index in [1.54, 1.807) is 54.6 Å². The fraction of sp³-hybridized carbons (Fsp3) is 0.382. The maximum absolute atomic E-state index is 14.2. The number of hydrogen-bond donors (Lipinski definition) is 1. The summed E-state index contributed by atoms with van der Waals surface area (Å²) >= 11 is 0. The van der Waals surface area contributed by atoms with Gasteiger partial charge in [-0.05, 0) is 76.3 Å². The Labute approximate surface area is 255 Å². The van der Waals surface area contributed by atoms with Crippen LogP contribution in [0.4, 0.5) is 5.69 Å². The molecule has 0 atom stereocenters. The van der Waals surface area contributed by atoms with Crippen molar-refractivity contribution in [1.82, 2.24) is 3.97 Å². The van der Waals surface area contributed by atoms with Crippen molar-refractivity contribution in [3.05, 3.63) is 89.1 Å². The second-order valence-corrected chi connectivity index (χ2v) is 17.9. The molecule has 5 rings (SSSR count). The van der Waals surface area contributed by atoms with Gasteiger partial charge in [0.05, 0.1) is 15.3 Å². The van der Waals surface area contributed by atoms with Gasteiger partial charge in [0.15, 0.2) is 5.78 Å². The Hall–Kier alpha value is -3.43. The van der Waals surface area contributed by atoms with Crippen molar-refractivity contribution in [2.45, 2.75) is 88.9 Å². The van der Waals surface area contributed by atoms with Gasteiger partial charge in [-0.2, -0.15) is 0 Å². The predicted molar refractivity (Wildman–Crippen MR) is 172 cm³/mol. The molecule has 0 unspecified atom stereocenters. The first-order chi connectivity index (χ1) is 19.7. The van der Waals surface area contributed by atoms with Crippen LogP contribution < -0.4 is 4.72 Å². The topological polar surface area (TPSA) is 102 Å². The van der Waals surface area contributed by atoms with E-state index in [-0.39, 0.29) is 38.5 Å². The summed E-state index contributed by atoms with van der Waals surface area (Å²) < 4.78 is 58.9. The average molecular weight is 621 g/mol. The number of benzene rings is 3. The summed E-state index contributed by atoms with van der Waals surface area (Å²) in [6, 6.07) is 18.3. The highest BCUT2D eigenvalue weighted by molar-refractivity contribution is 7.92. The summed E-state index contributed by atoms with van der Waals surface area (Å²) in [5.41, 5.74) is 2.66. The normalized spacial score (nSPS) is 15.9. The molecule has 1 aliphatic rings. The molecule has 0 aliphatic heterocycles. The number of anilines is 1. The third-order valence-electron chi connectivity index (χ3n) is 8.12. The first kappa shape index (κ1) is 31.0. The zero-order chi connectivity index (χ0) is 31.8. The maximum Gasteiger partial charge on any atom is 0.268 e. The fourth-order valence-electron chi connectivity index (χ4n) is 5.74. The van der Waals surface area contributed by atoms with E-state index in [1.165, 1.54) is 3.97 Å². The first-order valence-electron chi connectivity index (χ1n) is 14.4. The Kier molecular flexibility index (Phi) is 7.25. The number of ketones is 1. The summed E-state index contributed by atoms with van der Waals surface area (Å²) in [5, 5.41) is 0.411. The van der Waals surface area contributed by atoms with Gasteiger partial charge in [-0.3, -0.25) is 9.52 Å². The molecule has 0 saturated carbocycles. The summed E-state index contributed by atoms with van der Waals surface area (Å²) in [6.07, 6.45) is 0.638. The van der Waals surface area contributed by atoms with E-state index in [0.717, 1.165) is 11.1 Å². The van der Waals surface area contributed by atoms with E-state index in [2.05, 4.69) is 46.3 Å². The number of nitrogens with one attached hydrogen (secondary N) is 1. The van der Waals surface area contributed by atoms with Gasteiger partial charge in [-0.1, -0.05) is 79.7 Å². The Morgan fingerprint density at radius 3 is 1.74 bits per heavy atom. The molecule has 1 aromatic heterocycles. The van der Waals surface area contributed by atoms with Crippen LogP contribution in [0.15, 0.2) is 76.5 Å². The molecular weight excluding hydrogens is 581 g/mol. The van der Waals surface area contributed by atoms with Crippen LogP contribution in [0.3, 0.4) is 0 Å². The van der Waals surface area contributed by atoms with Gasteiger partial charge in [-0.25, -0.2) is 20.8 Å². The van der Waals surface area contributed by atoms with E-state index in [9.17, 15) is 21.6 Å². The molecular formula is C34H40N2O5S2. The number of nitrogens with zero attached hydrogens (tertiary/aromatic N) is 1. The van der Waals surface area contributed by atoms with Crippen molar-refractivity contribution in [2.24, 2.45) is 5.41 Å². The summed E-state index contributed by atoms with van der Waals surface area (Å²) in [6.45, 7) is 16.3. The monoisotopic (exact) mass is 620 g/mol. The molecule has 0 amide bonds. The van der Waals surface area contributed by atoms with Crippen molar-refractivity contribution in [1.29, 1.82) is 0 Å². The number of carbonyl (C=O) groups excluding carboxylic acids is 1. The van der Waals surface area contributed by atoms with Crippen LogP contribution in [0.25, 0.3) is 10.9 Å². The quantitative estimate of drug-likeness (QED) is 0.250. The van der Waals surface area contributed by atoms with Crippen molar-refractivity contribution >= 4 is 42.4 Å². The number of Topliss-reactive ketones (excluding diaryl/α,β-unsaturated/α-hetero) is 1. The van der Waals surface area contributed by atoms with Gasteiger partial charge in [0.1, 0.15) is 0 Å². The lowest BCUT2D eigenvalue weighted by molar-refractivity contribution is 0.0913. The minimum absolute atomic E-state index is 0.110. The van der Waals surface area contributed by atoms with Crippen LogP contribution in [0, 0.1) is 5.41 Å². The van der Waals surface area contributed by atoms with Crippen molar-refractivity contribution < 1.29 is 21.6 Å². The molecule has 0 bridgehead atoms. The maximum atomic E-state index is 14.2. The lowest BCUT2D eigenvalue weighted by Gasteiger charge is -2.29. The third kappa shape index (κ3) is 5.77. The van der Waals surface area contributed by atoms with Crippen molar-refractivity contribution in [3.63, 3.8) is 0 Å². The molecule has 4 aromatic rings. The van der Waals surface area contributed by atoms with Gasteiger partial charge < -0.3 is 0 Å². The molecule has 1 aliphatic carbocycles. The van der Waals surface area contributed by atoms with Gasteiger partial charge in [0, 0.05) is 28.8 Å². The smallest absolute Gasteiger partial charge is 0.268 e. The molecule has 3 aromatic carbocycles. The Balaban J connectivity index is 1.63. The van der Waals surface area contributed by atoms with Crippen LogP contribution in [0.1, 0.15) is 89.0 Å². The van der Waals surface area contributed by atoms with Crippen molar-refractivity contribution in [3.8, 4) is 0 Å². The first-order valence-corrected chi connectivity index (χ1v) is 17.3. The summed E-state index contributed by atoms with van der Waals surface area (Å²) in [5.74, 6) is -0.161. The number of fused-ring (bicyclic) bond motifs is 3. The van der Waals surface area contributed by atoms with Crippen LogP contribution in [0.5, 0.6) is 0 Å². The van der Waals surface area contributed by atoms with E-state index < -0.39 is 25.5 Å². The van der Waals surface area contributed by atoms with Gasteiger partial charge in [0.25, 0.3) is 20.0 Å². The highest BCUT2D eigenvalue weighted by Crippen LogP contribution is 2.42. The van der Waals surface area contributed by atoms with E-state index in [0.29, 0.717) is 28.6 Å². The lowest BCUT2D eigenvalue weighted by atomic mass is 9.76. The lowest BCUT2D eigenvalue weighted by Crippen LogP contribution is -2.29. The van der Waals surface area contributed by atoms with Gasteiger partial charge in [0.2, 0.25) is 0 Å². The van der Waals surface area contributed by atoms with Crippen LogP contribution in [-0.4, -0.2) is 26.6 Å². The molecule has 0 spiro atoms. The summed E-state index contributed by atoms with van der Waals surface area (Å²) in [4.78, 5) is 13.8. The second kappa shape index (κ2) is 10.1. The van der Waals surface area contributed by atoms with E-state index in [4.69, 9.17) is 0 Å². The molecule has 43 heavy (non-hydrogen) atoms. The van der Waals surface area contributed by atoms with E-state index >= 15 is 0 Å². The fourth-order valence-corrected chi connectivity index (χ4v) is 8.35. The average Bonchev–Trinajstić information content (AvgIpc) is 3.20. The Morgan fingerprint density at radius 1 is 0.721 bits per heavy atom.